The molecule has 1 atom stereocenters. The summed E-state index contributed by atoms with van der Waals surface area (Å²) in [7, 11) is 1.99. The maximum absolute atomic E-state index is 13.3. The van der Waals surface area contributed by atoms with E-state index >= 15 is 0 Å². The largest absolute Gasteiger partial charge is 0.341 e. The molecule has 3 amide bonds. The summed E-state index contributed by atoms with van der Waals surface area (Å²) in [5.74, 6) is -0.0566. The van der Waals surface area contributed by atoms with Crippen LogP contribution >= 0.6 is 22.9 Å². The van der Waals surface area contributed by atoms with Gasteiger partial charge in [0.15, 0.2) is 4.80 Å². The fraction of sp³-hybridized carbons (Fsp3) is 0.500. The zero-order valence-corrected chi connectivity index (χ0v) is 20.0. The molecule has 1 aliphatic heterocycles. The third-order valence-electron chi connectivity index (χ3n) is 5.32. The number of halogens is 1. The van der Waals surface area contributed by atoms with E-state index in [0.29, 0.717) is 23.8 Å². The molecule has 3 rings (SSSR count). The zero-order valence-electron chi connectivity index (χ0n) is 18.4. The lowest BCUT2D eigenvalue weighted by molar-refractivity contribution is -0.136. The van der Waals surface area contributed by atoms with Gasteiger partial charge in [-0.25, -0.2) is 4.79 Å². The Bertz CT molecular complexity index is 969. The number of carbonyl (C=O) groups is 2. The summed E-state index contributed by atoms with van der Waals surface area (Å²) in [4.78, 5) is 33.5. The second-order valence-electron chi connectivity index (χ2n) is 8.89. The van der Waals surface area contributed by atoms with E-state index in [-0.39, 0.29) is 11.9 Å². The van der Waals surface area contributed by atoms with Crippen LogP contribution in [0.3, 0.4) is 0 Å². The molecule has 0 bridgehead atoms. The summed E-state index contributed by atoms with van der Waals surface area (Å²) in [5.41, 5.74) is 0.187. The number of urea groups is 1. The van der Waals surface area contributed by atoms with Crippen molar-refractivity contribution in [3.63, 3.8) is 0 Å². The van der Waals surface area contributed by atoms with Gasteiger partial charge in [-0.15, -0.1) is 11.3 Å². The van der Waals surface area contributed by atoms with E-state index in [4.69, 9.17) is 16.6 Å². The van der Waals surface area contributed by atoms with E-state index in [1.807, 2.05) is 48.9 Å². The monoisotopic (exact) mass is 463 g/mol. The molecule has 0 unspecified atom stereocenters. The quantitative estimate of drug-likeness (QED) is 0.721. The maximum Gasteiger partial charge on any atom is 0.319 e. The highest BCUT2D eigenvalue weighted by Gasteiger charge is 2.37. The second-order valence-corrected chi connectivity index (χ2v) is 10.2. The van der Waals surface area contributed by atoms with Crippen LogP contribution < -0.4 is 15.4 Å². The van der Waals surface area contributed by atoms with Crippen molar-refractivity contribution in [3.05, 3.63) is 45.7 Å². The molecule has 2 heterocycles. The Kier molecular flexibility index (Phi) is 7.43. The highest BCUT2D eigenvalue weighted by molar-refractivity contribution is 7.07. The van der Waals surface area contributed by atoms with Crippen molar-refractivity contribution in [2.75, 3.05) is 18.4 Å². The van der Waals surface area contributed by atoms with E-state index in [0.717, 1.165) is 17.6 Å². The number of anilines is 1. The number of carbonyl (C=O) groups excluding carboxylic acids is 2. The van der Waals surface area contributed by atoms with Gasteiger partial charge in [0.25, 0.3) is 0 Å². The molecule has 0 spiro atoms. The molecule has 1 aromatic heterocycles. The van der Waals surface area contributed by atoms with Crippen molar-refractivity contribution in [1.29, 1.82) is 0 Å². The number of amides is 3. The van der Waals surface area contributed by atoms with Crippen molar-refractivity contribution in [2.45, 2.75) is 45.7 Å². The van der Waals surface area contributed by atoms with Crippen molar-refractivity contribution >= 4 is 40.6 Å². The van der Waals surface area contributed by atoms with Crippen LogP contribution in [0, 0.1) is 5.41 Å². The number of nitrogens with zero attached hydrogens (tertiary/aromatic N) is 3. The van der Waals surface area contributed by atoms with Gasteiger partial charge in [-0.05, 0) is 42.5 Å². The van der Waals surface area contributed by atoms with Crippen LogP contribution in [0.5, 0.6) is 0 Å². The van der Waals surface area contributed by atoms with E-state index in [1.54, 1.807) is 35.6 Å². The molecule has 7 nitrogen and oxygen atoms in total. The van der Waals surface area contributed by atoms with E-state index in [2.05, 4.69) is 10.6 Å². The molecule has 1 saturated heterocycles. The van der Waals surface area contributed by atoms with Gasteiger partial charge < -0.3 is 20.1 Å². The Labute approximate surface area is 192 Å². The van der Waals surface area contributed by atoms with Crippen LogP contribution in [0.4, 0.5) is 10.5 Å². The van der Waals surface area contributed by atoms with Crippen LogP contribution in [0.1, 0.15) is 33.6 Å². The van der Waals surface area contributed by atoms with Gasteiger partial charge in [0.05, 0.1) is 6.04 Å². The number of thiazole rings is 1. The fourth-order valence-electron chi connectivity index (χ4n) is 3.49. The average molecular weight is 464 g/mol. The molecule has 1 fully saturated rings. The van der Waals surface area contributed by atoms with E-state index in [9.17, 15) is 9.59 Å². The van der Waals surface area contributed by atoms with Crippen LogP contribution in [0.15, 0.2) is 40.8 Å². The fourth-order valence-corrected chi connectivity index (χ4v) is 4.41. The SMILES string of the molecule is Cn1ccs/c1=N\C1CCN(C(=O)[C@H](NC(=O)Nc2ccc(Cl)cc2)C(C)(C)C)CC1. The minimum Gasteiger partial charge on any atom is -0.341 e. The predicted molar refractivity (Wildman–Crippen MR) is 125 cm³/mol. The lowest BCUT2D eigenvalue weighted by Gasteiger charge is -2.37. The highest BCUT2D eigenvalue weighted by atomic mass is 35.5. The molecule has 1 aromatic carbocycles. The topological polar surface area (TPSA) is 78.7 Å². The molecule has 0 radical (unpaired) electrons. The van der Waals surface area contributed by atoms with Crippen LogP contribution in [-0.4, -0.2) is 46.6 Å². The molecular formula is C22H30ClN5O2S. The van der Waals surface area contributed by atoms with Crippen LogP contribution in [0.25, 0.3) is 0 Å². The Morgan fingerprint density at radius 2 is 1.84 bits per heavy atom. The molecule has 1 aliphatic rings. The summed E-state index contributed by atoms with van der Waals surface area (Å²) < 4.78 is 2.01. The Morgan fingerprint density at radius 3 is 2.39 bits per heavy atom. The van der Waals surface area contributed by atoms with Gasteiger partial charge >= 0.3 is 6.03 Å². The third kappa shape index (κ3) is 6.33. The Morgan fingerprint density at radius 1 is 1.19 bits per heavy atom. The normalized spacial score (nSPS) is 16.8. The summed E-state index contributed by atoms with van der Waals surface area (Å²) in [5, 5.41) is 8.26. The second kappa shape index (κ2) is 9.87. The molecule has 2 aromatic rings. The van der Waals surface area contributed by atoms with E-state index in [1.165, 1.54) is 0 Å². The van der Waals surface area contributed by atoms with Gasteiger partial charge in [-0.1, -0.05) is 32.4 Å². The molecule has 168 valence electrons. The lowest BCUT2D eigenvalue weighted by atomic mass is 9.85. The first-order chi connectivity index (χ1) is 14.6. The smallest absolute Gasteiger partial charge is 0.319 e. The summed E-state index contributed by atoms with van der Waals surface area (Å²) in [6.45, 7) is 7.13. The van der Waals surface area contributed by atoms with Crippen molar-refractivity contribution in [1.82, 2.24) is 14.8 Å². The molecule has 9 heteroatoms. The first-order valence-electron chi connectivity index (χ1n) is 10.4. The molecule has 0 saturated carbocycles. The standard InChI is InChI=1S/C22H30ClN5O2S/c1-22(2,3)18(26-20(30)24-16-7-5-15(23)6-8-16)19(29)28-11-9-17(10-12-28)25-21-27(4)13-14-31-21/h5-8,13-14,17-18H,9-12H2,1-4H3,(H2,24,26,30)/b25-21-/t18-/m0/s1. The number of rotatable bonds is 4. The summed E-state index contributed by atoms with van der Waals surface area (Å²) in [6.07, 6.45) is 3.63. The van der Waals surface area contributed by atoms with Crippen LogP contribution in [-0.2, 0) is 11.8 Å². The number of likely N-dealkylation sites (tertiary alicyclic amines) is 1. The Hall–Kier alpha value is -2.32. The first kappa shape index (κ1) is 23.3. The molecule has 31 heavy (non-hydrogen) atoms. The third-order valence-corrected chi connectivity index (χ3v) is 6.43. The van der Waals surface area contributed by atoms with Gasteiger partial charge in [0.2, 0.25) is 5.91 Å². The van der Waals surface area contributed by atoms with Crippen LogP contribution in [0.2, 0.25) is 5.02 Å². The molecule has 0 aliphatic carbocycles. The van der Waals surface area contributed by atoms with Gasteiger partial charge in [-0.2, -0.15) is 0 Å². The number of nitrogens with one attached hydrogen (secondary N) is 2. The maximum atomic E-state index is 13.3. The number of hydrogen-bond donors (Lipinski definition) is 2. The van der Waals surface area contributed by atoms with Crippen molar-refractivity contribution < 1.29 is 9.59 Å². The van der Waals surface area contributed by atoms with Gasteiger partial charge in [0, 0.05) is 42.4 Å². The predicted octanol–water partition coefficient (Wildman–Crippen LogP) is 3.87. The average Bonchev–Trinajstić information content (AvgIpc) is 3.11. The number of hydrogen-bond acceptors (Lipinski definition) is 4. The van der Waals surface area contributed by atoms with Gasteiger partial charge in [0.1, 0.15) is 6.04 Å². The first-order valence-corrected chi connectivity index (χ1v) is 11.6. The highest BCUT2D eigenvalue weighted by Crippen LogP contribution is 2.24. The van der Waals surface area contributed by atoms with Gasteiger partial charge in [-0.3, -0.25) is 9.79 Å². The van der Waals surface area contributed by atoms with Crippen molar-refractivity contribution in [2.24, 2.45) is 17.5 Å². The number of benzene rings is 1. The number of aromatic nitrogens is 1. The molecule has 2 N–H and O–H groups in total. The lowest BCUT2D eigenvalue weighted by Crippen LogP contribution is -2.57. The molecular weight excluding hydrogens is 434 g/mol. The number of aryl methyl sites for hydroxylation is 1. The summed E-state index contributed by atoms with van der Waals surface area (Å²) in [6, 6.07) is 6.01. The summed E-state index contributed by atoms with van der Waals surface area (Å²) >= 11 is 7.51. The van der Waals surface area contributed by atoms with Crippen molar-refractivity contribution in [3.8, 4) is 0 Å². The number of piperidine rings is 1. The van der Waals surface area contributed by atoms with E-state index < -0.39 is 17.5 Å². The minimum atomic E-state index is -0.636. The zero-order chi connectivity index (χ0) is 22.6. The minimum absolute atomic E-state index is 0.0566. The Balaban J connectivity index is 1.62.